The zero-order valence-electron chi connectivity index (χ0n) is 16.9. The van der Waals surface area contributed by atoms with E-state index in [0.717, 1.165) is 0 Å². The van der Waals surface area contributed by atoms with Crippen LogP contribution in [0.3, 0.4) is 0 Å². The second-order valence-corrected chi connectivity index (χ2v) is 8.82. The summed E-state index contributed by atoms with van der Waals surface area (Å²) in [5.41, 5.74) is 0.933. The normalized spacial score (nSPS) is 11.3. The van der Waals surface area contributed by atoms with Gasteiger partial charge in [0, 0.05) is 17.3 Å². The van der Waals surface area contributed by atoms with Crippen molar-refractivity contribution in [2.45, 2.75) is 25.7 Å². The smallest absolute Gasteiger partial charge is 0.263 e. The summed E-state index contributed by atoms with van der Waals surface area (Å²) in [6.45, 7) is 6.38. The largest absolute Gasteiger partial charge is 0.493 e. The first-order valence-corrected chi connectivity index (χ1v) is 10.8. The molecule has 1 aromatic heterocycles. The summed E-state index contributed by atoms with van der Waals surface area (Å²) in [6, 6.07) is 14.1. The van der Waals surface area contributed by atoms with Crippen LogP contribution in [-0.2, 0) is 10.0 Å². The highest BCUT2D eigenvalue weighted by Gasteiger charge is 2.16. The Morgan fingerprint density at radius 2 is 1.77 bits per heavy atom. The lowest BCUT2D eigenvalue weighted by Crippen LogP contribution is -2.14. The molecule has 8 nitrogen and oxygen atoms in total. The predicted molar refractivity (Wildman–Crippen MR) is 113 cm³/mol. The highest BCUT2D eigenvalue weighted by molar-refractivity contribution is 7.92. The Morgan fingerprint density at radius 1 is 1.10 bits per heavy atom. The van der Waals surface area contributed by atoms with Crippen LogP contribution in [0.2, 0.25) is 0 Å². The Balaban J connectivity index is 1.63. The van der Waals surface area contributed by atoms with Crippen molar-refractivity contribution >= 4 is 27.4 Å². The Morgan fingerprint density at radius 3 is 2.33 bits per heavy atom. The van der Waals surface area contributed by atoms with Crippen molar-refractivity contribution in [2.24, 2.45) is 5.92 Å². The average molecular weight is 429 g/mol. The summed E-state index contributed by atoms with van der Waals surface area (Å²) < 4.78 is 37.6. The molecule has 0 aliphatic carbocycles. The van der Waals surface area contributed by atoms with Crippen molar-refractivity contribution in [3.63, 3.8) is 0 Å². The Labute approximate surface area is 175 Å². The molecule has 2 N–H and O–H groups in total. The molecule has 0 spiro atoms. The van der Waals surface area contributed by atoms with Gasteiger partial charge in [-0.3, -0.25) is 9.52 Å². The summed E-state index contributed by atoms with van der Waals surface area (Å²) >= 11 is 0. The molecule has 0 fully saturated rings. The topological polar surface area (TPSA) is 111 Å². The van der Waals surface area contributed by atoms with Crippen LogP contribution in [-0.4, -0.2) is 26.1 Å². The fourth-order valence-electron chi connectivity index (χ4n) is 2.50. The van der Waals surface area contributed by atoms with Crippen molar-refractivity contribution in [1.29, 1.82) is 0 Å². The lowest BCUT2D eigenvalue weighted by molar-refractivity contribution is 0.102. The van der Waals surface area contributed by atoms with Crippen molar-refractivity contribution < 1.29 is 22.5 Å². The van der Waals surface area contributed by atoms with Gasteiger partial charge >= 0.3 is 0 Å². The summed E-state index contributed by atoms with van der Waals surface area (Å²) in [7, 11) is -3.81. The summed E-state index contributed by atoms with van der Waals surface area (Å²) in [5.74, 6) is 1.40. The van der Waals surface area contributed by atoms with Gasteiger partial charge in [-0.05, 0) is 61.4 Å². The molecular formula is C21H23N3O5S. The van der Waals surface area contributed by atoms with Gasteiger partial charge in [0.1, 0.15) is 11.5 Å². The van der Waals surface area contributed by atoms with Gasteiger partial charge in [0.15, 0.2) is 5.82 Å². The number of hydrogen-bond donors (Lipinski definition) is 2. The molecule has 0 aliphatic rings. The molecule has 3 rings (SSSR count). The number of amides is 1. The van der Waals surface area contributed by atoms with Crippen molar-refractivity contribution in [1.82, 2.24) is 5.16 Å². The van der Waals surface area contributed by atoms with E-state index >= 15 is 0 Å². The number of sulfonamides is 1. The molecule has 158 valence electrons. The predicted octanol–water partition coefficient (Wildman–Crippen LogP) is 4.07. The molecule has 0 atom stereocenters. The summed E-state index contributed by atoms with van der Waals surface area (Å²) in [5, 5.41) is 6.35. The van der Waals surface area contributed by atoms with Crippen LogP contribution in [0.5, 0.6) is 5.75 Å². The van der Waals surface area contributed by atoms with Gasteiger partial charge in [0.05, 0.1) is 11.5 Å². The van der Waals surface area contributed by atoms with E-state index in [1.165, 1.54) is 30.3 Å². The number of carbonyl (C=O) groups excluding carboxylic acids is 1. The Hall–Kier alpha value is -3.33. The maximum Gasteiger partial charge on any atom is 0.263 e. The van der Waals surface area contributed by atoms with E-state index in [4.69, 9.17) is 9.26 Å². The molecule has 0 unspecified atom stereocenters. The third kappa shape index (κ3) is 5.60. The van der Waals surface area contributed by atoms with Gasteiger partial charge < -0.3 is 14.6 Å². The van der Waals surface area contributed by atoms with E-state index < -0.39 is 10.0 Å². The zero-order valence-corrected chi connectivity index (χ0v) is 17.7. The minimum absolute atomic E-state index is 0.0350. The molecule has 0 aliphatic heterocycles. The van der Waals surface area contributed by atoms with Crippen LogP contribution in [0.15, 0.2) is 64.0 Å². The first kappa shape index (κ1) is 21.4. The maximum absolute atomic E-state index is 12.4. The second kappa shape index (κ2) is 9.00. The van der Waals surface area contributed by atoms with E-state index in [-0.39, 0.29) is 16.6 Å². The molecule has 0 saturated heterocycles. The number of ether oxygens (including phenoxy) is 1. The second-order valence-electron chi connectivity index (χ2n) is 7.14. The van der Waals surface area contributed by atoms with E-state index in [9.17, 15) is 13.2 Å². The van der Waals surface area contributed by atoms with Gasteiger partial charge in [0.2, 0.25) is 0 Å². The van der Waals surface area contributed by atoms with Crippen LogP contribution in [0.1, 0.15) is 30.0 Å². The van der Waals surface area contributed by atoms with Crippen molar-refractivity contribution in [3.8, 4) is 5.75 Å². The molecule has 3 aromatic rings. The molecular weight excluding hydrogens is 406 g/mol. The number of nitrogens with one attached hydrogen (secondary N) is 2. The van der Waals surface area contributed by atoms with E-state index in [1.807, 2.05) is 0 Å². The average Bonchev–Trinajstić information content (AvgIpc) is 3.11. The molecule has 0 saturated carbocycles. The number of aryl methyl sites for hydroxylation is 1. The minimum Gasteiger partial charge on any atom is -0.493 e. The first-order valence-electron chi connectivity index (χ1n) is 9.33. The standard InChI is InChI=1S/C21H23N3O5S/c1-14(2)13-28-18-8-4-16(5-9-18)21(25)22-17-6-10-19(11-7-17)30(26,27)24-20-12-15(3)29-23-20/h4-12,14H,13H2,1-3H3,(H,22,25)(H,23,24). The number of hydrogen-bond acceptors (Lipinski definition) is 6. The van der Waals surface area contributed by atoms with Crippen LogP contribution in [0.4, 0.5) is 11.5 Å². The molecule has 2 aromatic carbocycles. The maximum atomic E-state index is 12.4. The zero-order chi connectivity index (χ0) is 21.7. The number of anilines is 2. The van der Waals surface area contributed by atoms with E-state index in [0.29, 0.717) is 35.3 Å². The fraction of sp³-hybridized carbons (Fsp3) is 0.238. The lowest BCUT2D eigenvalue weighted by atomic mass is 10.2. The van der Waals surface area contributed by atoms with Gasteiger partial charge in [-0.1, -0.05) is 19.0 Å². The quantitative estimate of drug-likeness (QED) is 0.558. The lowest BCUT2D eigenvalue weighted by Gasteiger charge is -2.10. The molecule has 9 heteroatoms. The number of nitrogens with zero attached hydrogens (tertiary/aromatic N) is 1. The molecule has 30 heavy (non-hydrogen) atoms. The van der Waals surface area contributed by atoms with Crippen LogP contribution < -0.4 is 14.8 Å². The number of carbonyl (C=O) groups is 1. The monoisotopic (exact) mass is 429 g/mol. The van der Waals surface area contributed by atoms with Gasteiger partial charge in [-0.2, -0.15) is 0 Å². The third-order valence-electron chi connectivity index (χ3n) is 3.99. The third-order valence-corrected chi connectivity index (χ3v) is 5.36. The fourth-order valence-corrected chi connectivity index (χ4v) is 3.48. The number of rotatable bonds is 8. The highest BCUT2D eigenvalue weighted by atomic mass is 32.2. The van der Waals surface area contributed by atoms with Crippen LogP contribution >= 0.6 is 0 Å². The van der Waals surface area contributed by atoms with Crippen molar-refractivity contribution in [2.75, 3.05) is 16.6 Å². The molecule has 0 bridgehead atoms. The first-order chi connectivity index (χ1) is 14.2. The highest BCUT2D eigenvalue weighted by Crippen LogP contribution is 2.19. The molecule has 0 radical (unpaired) electrons. The Bertz CT molecular complexity index is 1100. The minimum atomic E-state index is -3.81. The van der Waals surface area contributed by atoms with Crippen LogP contribution in [0.25, 0.3) is 0 Å². The number of aromatic nitrogens is 1. The van der Waals surface area contributed by atoms with Crippen LogP contribution in [0, 0.1) is 12.8 Å². The Kier molecular flexibility index (Phi) is 6.41. The summed E-state index contributed by atoms with van der Waals surface area (Å²) in [4.78, 5) is 12.5. The van der Waals surface area contributed by atoms with E-state index in [2.05, 4.69) is 29.0 Å². The van der Waals surface area contributed by atoms with Gasteiger partial charge in [0.25, 0.3) is 15.9 Å². The van der Waals surface area contributed by atoms with Gasteiger partial charge in [-0.15, -0.1) is 0 Å². The molecule has 1 amide bonds. The summed E-state index contributed by atoms with van der Waals surface area (Å²) in [6.07, 6.45) is 0. The van der Waals surface area contributed by atoms with Gasteiger partial charge in [-0.25, -0.2) is 8.42 Å². The van der Waals surface area contributed by atoms with Crippen molar-refractivity contribution in [3.05, 3.63) is 65.9 Å². The SMILES string of the molecule is Cc1cc(NS(=O)(=O)c2ccc(NC(=O)c3ccc(OCC(C)C)cc3)cc2)no1. The molecule has 1 heterocycles. The van der Waals surface area contributed by atoms with E-state index in [1.54, 1.807) is 31.2 Å². The number of benzene rings is 2.